The Hall–Kier alpha value is -1.20. The highest BCUT2D eigenvalue weighted by Gasteiger charge is 2.28. The predicted octanol–water partition coefficient (Wildman–Crippen LogP) is 1.68. The van der Waals surface area contributed by atoms with Crippen LogP contribution in [0.2, 0.25) is 0 Å². The lowest BCUT2D eigenvalue weighted by Crippen LogP contribution is -2.40. The van der Waals surface area contributed by atoms with E-state index in [1.54, 1.807) is 10.7 Å². The molecule has 1 atom stereocenters. The monoisotopic (exact) mass is 316 g/mol. The zero-order valence-corrected chi connectivity index (χ0v) is 14.0. The van der Waals surface area contributed by atoms with E-state index in [0.717, 1.165) is 18.8 Å². The first-order valence-corrected chi connectivity index (χ1v) is 9.34. The largest absolute Gasteiger partial charge is 0.302 e. The van der Waals surface area contributed by atoms with Crippen molar-refractivity contribution in [2.24, 2.45) is 0 Å². The molecular weight excluding hydrogens is 288 g/mol. The molecule has 2 aliphatic heterocycles. The summed E-state index contributed by atoms with van der Waals surface area (Å²) in [7, 11) is 0. The minimum Gasteiger partial charge on any atom is -0.302 e. The van der Waals surface area contributed by atoms with Gasteiger partial charge in [-0.25, -0.2) is 4.68 Å². The van der Waals surface area contributed by atoms with Crippen LogP contribution >= 0.6 is 0 Å². The number of rotatable bonds is 6. The van der Waals surface area contributed by atoms with Gasteiger partial charge in [-0.15, -0.1) is 0 Å². The molecule has 0 N–H and O–H groups in total. The minimum absolute atomic E-state index is 0.0563. The molecule has 3 heterocycles. The van der Waals surface area contributed by atoms with E-state index < -0.39 is 0 Å². The van der Waals surface area contributed by atoms with E-state index in [1.165, 1.54) is 64.7 Å². The van der Waals surface area contributed by atoms with Crippen molar-refractivity contribution in [2.45, 2.75) is 57.0 Å². The van der Waals surface area contributed by atoms with Crippen LogP contribution in [0.1, 0.15) is 50.1 Å². The summed E-state index contributed by atoms with van der Waals surface area (Å²) in [6.07, 6.45) is 7.63. The van der Waals surface area contributed by atoms with E-state index in [9.17, 15) is 4.79 Å². The van der Waals surface area contributed by atoms with Gasteiger partial charge in [0.2, 0.25) is 0 Å². The average molecular weight is 316 g/mol. The molecule has 0 amide bonds. The summed E-state index contributed by atoms with van der Waals surface area (Å²) >= 11 is 0. The Bertz CT molecular complexity index is 589. The molecule has 2 saturated heterocycles. The molecule has 3 fully saturated rings. The van der Waals surface area contributed by atoms with Crippen LogP contribution in [0.4, 0.5) is 0 Å². The Morgan fingerprint density at radius 2 is 1.83 bits per heavy atom. The fourth-order valence-corrected chi connectivity index (χ4v) is 4.06. The molecule has 3 aliphatic rings. The van der Waals surface area contributed by atoms with Gasteiger partial charge in [-0.1, -0.05) is 0 Å². The van der Waals surface area contributed by atoms with Gasteiger partial charge >= 0.3 is 0 Å². The number of likely N-dealkylation sites (tertiary alicyclic amines) is 2. The third-order valence-corrected chi connectivity index (χ3v) is 5.67. The first kappa shape index (κ1) is 15.3. The standard InChI is InChI=1S/C18H28N4O/c23-18-8-7-17(15-5-6-15)19-22(18)14-16-4-3-11-21(16)13-12-20-9-1-2-10-20/h7-8,15-16H,1-6,9-14H2. The zero-order chi connectivity index (χ0) is 15.6. The Kier molecular flexibility index (Phi) is 4.49. The second-order valence-electron chi connectivity index (χ2n) is 7.43. The molecule has 4 rings (SSSR count). The fraction of sp³-hybridized carbons (Fsp3) is 0.778. The van der Waals surface area contributed by atoms with E-state index >= 15 is 0 Å². The fourth-order valence-electron chi connectivity index (χ4n) is 4.06. The van der Waals surface area contributed by atoms with Crippen molar-refractivity contribution in [1.29, 1.82) is 0 Å². The lowest BCUT2D eigenvalue weighted by atomic mass is 10.2. The summed E-state index contributed by atoms with van der Waals surface area (Å²) < 4.78 is 1.73. The number of hydrogen-bond acceptors (Lipinski definition) is 4. The number of nitrogens with zero attached hydrogens (tertiary/aromatic N) is 4. The minimum atomic E-state index is 0.0563. The van der Waals surface area contributed by atoms with Crippen molar-refractivity contribution in [3.63, 3.8) is 0 Å². The van der Waals surface area contributed by atoms with Crippen LogP contribution in [0, 0.1) is 0 Å². The Balaban J connectivity index is 1.38. The molecule has 0 radical (unpaired) electrons. The number of hydrogen-bond donors (Lipinski definition) is 0. The van der Waals surface area contributed by atoms with Crippen molar-refractivity contribution in [3.05, 3.63) is 28.2 Å². The van der Waals surface area contributed by atoms with Gasteiger partial charge in [0.1, 0.15) is 0 Å². The Morgan fingerprint density at radius 3 is 2.61 bits per heavy atom. The van der Waals surface area contributed by atoms with Gasteiger partial charge in [0.05, 0.1) is 12.2 Å². The van der Waals surface area contributed by atoms with Crippen molar-refractivity contribution in [3.8, 4) is 0 Å². The smallest absolute Gasteiger partial charge is 0.266 e. The SMILES string of the molecule is O=c1ccc(C2CC2)nn1CC1CCCN1CCN1CCCC1. The highest BCUT2D eigenvalue weighted by atomic mass is 16.1. The molecule has 126 valence electrons. The zero-order valence-electron chi connectivity index (χ0n) is 14.0. The van der Waals surface area contributed by atoms with Gasteiger partial charge in [0.15, 0.2) is 0 Å². The summed E-state index contributed by atoms with van der Waals surface area (Å²) in [5.41, 5.74) is 1.17. The van der Waals surface area contributed by atoms with E-state index in [4.69, 9.17) is 0 Å². The predicted molar refractivity (Wildman–Crippen MR) is 90.7 cm³/mol. The maximum Gasteiger partial charge on any atom is 0.266 e. The molecule has 1 aromatic rings. The molecule has 0 aromatic carbocycles. The van der Waals surface area contributed by atoms with E-state index in [-0.39, 0.29) is 5.56 Å². The van der Waals surface area contributed by atoms with Gasteiger partial charge in [-0.05, 0) is 64.2 Å². The van der Waals surface area contributed by atoms with Gasteiger partial charge in [0.25, 0.3) is 5.56 Å². The summed E-state index contributed by atoms with van der Waals surface area (Å²) in [6, 6.07) is 4.12. The van der Waals surface area contributed by atoms with Crippen LogP contribution in [-0.2, 0) is 6.54 Å². The summed E-state index contributed by atoms with van der Waals surface area (Å²) in [5, 5.41) is 4.64. The first-order chi connectivity index (χ1) is 11.3. The van der Waals surface area contributed by atoms with Crippen LogP contribution in [-0.4, -0.2) is 58.3 Å². The third-order valence-electron chi connectivity index (χ3n) is 5.67. The van der Waals surface area contributed by atoms with Gasteiger partial charge in [-0.2, -0.15) is 5.10 Å². The van der Waals surface area contributed by atoms with E-state index in [2.05, 4.69) is 14.9 Å². The van der Waals surface area contributed by atoms with Crippen molar-refractivity contribution >= 4 is 0 Å². The molecule has 1 aliphatic carbocycles. The van der Waals surface area contributed by atoms with Gasteiger partial charge in [0, 0.05) is 31.1 Å². The topological polar surface area (TPSA) is 41.4 Å². The summed E-state index contributed by atoms with van der Waals surface area (Å²) in [5.74, 6) is 0.608. The van der Waals surface area contributed by atoms with Crippen molar-refractivity contribution in [2.75, 3.05) is 32.7 Å². The third kappa shape index (κ3) is 3.66. The Morgan fingerprint density at radius 1 is 1.00 bits per heavy atom. The second-order valence-corrected chi connectivity index (χ2v) is 7.43. The first-order valence-electron chi connectivity index (χ1n) is 9.34. The molecule has 1 unspecified atom stereocenters. The second kappa shape index (κ2) is 6.73. The van der Waals surface area contributed by atoms with Crippen molar-refractivity contribution in [1.82, 2.24) is 19.6 Å². The average Bonchev–Trinajstić information content (AvgIpc) is 3.09. The van der Waals surface area contributed by atoms with Crippen LogP contribution in [0.25, 0.3) is 0 Å². The molecule has 1 saturated carbocycles. The number of aromatic nitrogens is 2. The maximum absolute atomic E-state index is 12.1. The molecule has 0 bridgehead atoms. The summed E-state index contributed by atoms with van der Waals surface area (Å²) in [6.45, 7) is 6.80. The lowest BCUT2D eigenvalue weighted by Gasteiger charge is -2.27. The van der Waals surface area contributed by atoms with Crippen LogP contribution in [0.3, 0.4) is 0 Å². The maximum atomic E-state index is 12.1. The lowest BCUT2D eigenvalue weighted by molar-refractivity contribution is 0.193. The highest BCUT2D eigenvalue weighted by molar-refractivity contribution is 5.12. The van der Waals surface area contributed by atoms with E-state index in [0.29, 0.717) is 12.0 Å². The van der Waals surface area contributed by atoms with Crippen LogP contribution in [0.5, 0.6) is 0 Å². The van der Waals surface area contributed by atoms with Gasteiger partial charge in [-0.3, -0.25) is 9.69 Å². The molecule has 0 spiro atoms. The van der Waals surface area contributed by atoms with Crippen molar-refractivity contribution < 1.29 is 0 Å². The molecule has 5 heteroatoms. The Labute approximate surface area is 138 Å². The molecule has 23 heavy (non-hydrogen) atoms. The normalized spacial score (nSPS) is 26.2. The van der Waals surface area contributed by atoms with Crippen LogP contribution < -0.4 is 5.56 Å². The van der Waals surface area contributed by atoms with E-state index in [1.807, 2.05) is 6.07 Å². The van der Waals surface area contributed by atoms with Gasteiger partial charge < -0.3 is 4.90 Å². The quantitative estimate of drug-likeness (QED) is 0.801. The molecule has 5 nitrogen and oxygen atoms in total. The molecule has 1 aromatic heterocycles. The summed E-state index contributed by atoms with van der Waals surface area (Å²) in [4.78, 5) is 17.3. The highest BCUT2D eigenvalue weighted by Crippen LogP contribution is 2.38. The molecular formula is C18H28N4O. The van der Waals surface area contributed by atoms with Crippen LogP contribution in [0.15, 0.2) is 16.9 Å².